The maximum absolute atomic E-state index is 10.8. The van der Waals surface area contributed by atoms with E-state index >= 15 is 0 Å². The first-order valence-corrected chi connectivity index (χ1v) is 4.92. The molecule has 0 amide bonds. The molecule has 0 fully saturated rings. The zero-order valence-corrected chi connectivity index (χ0v) is 8.52. The van der Waals surface area contributed by atoms with E-state index < -0.39 is 12.0 Å². The zero-order valence-electron chi connectivity index (χ0n) is 6.95. The Bertz CT molecular complexity index is 302. The number of carboxylic acids is 1. The molecule has 1 rings (SSSR count). The number of carboxylic acid groups (broad SMARTS) is 1. The van der Waals surface area contributed by atoms with Gasteiger partial charge in [0, 0.05) is 0 Å². The summed E-state index contributed by atoms with van der Waals surface area (Å²) in [6.45, 7) is 2.42. The summed E-state index contributed by atoms with van der Waals surface area (Å²) in [7, 11) is 0. The number of thiazole rings is 1. The Morgan fingerprint density at radius 3 is 3.00 bits per heavy atom. The number of rotatable bonds is 4. The lowest BCUT2D eigenvalue weighted by Crippen LogP contribution is -2.27. The van der Waals surface area contributed by atoms with Gasteiger partial charge in [0.05, 0.1) is 6.20 Å². The van der Waals surface area contributed by atoms with E-state index in [0.29, 0.717) is 15.9 Å². The van der Waals surface area contributed by atoms with Crippen molar-refractivity contribution in [3.63, 3.8) is 0 Å². The van der Waals surface area contributed by atoms with Crippen LogP contribution in [0.15, 0.2) is 6.20 Å². The van der Waals surface area contributed by atoms with Crippen molar-refractivity contribution in [2.45, 2.75) is 13.0 Å². The van der Waals surface area contributed by atoms with E-state index in [1.165, 1.54) is 17.5 Å². The highest BCUT2D eigenvalue weighted by Gasteiger charge is 2.21. The number of aliphatic carboxylic acids is 1. The van der Waals surface area contributed by atoms with Gasteiger partial charge in [-0.3, -0.25) is 10.1 Å². The molecular weight excluding hydrogens is 212 g/mol. The number of aromatic nitrogens is 1. The number of hydrogen-bond acceptors (Lipinski definition) is 4. The summed E-state index contributed by atoms with van der Waals surface area (Å²) in [4.78, 5) is 14.7. The van der Waals surface area contributed by atoms with E-state index in [1.54, 1.807) is 0 Å². The fourth-order valence-electron chi connectivity index (χ4n) is 0.885. The van der Waals surface area contributed by atoms with Crippen molar-refractivity contribution < 1.29 is 9.90 Å². The highest BCUT2D eigenvalue weighted by Crippen LogP contribution is 2.23. The van der Waals surface area contributed by atoms with E-state index in [-0.39, 0.29) is 0 Å². The third kappa shape index (κ3) is 2.65. The molecule has 6 heteroatoms. The van der Waals surface area contributed by atoms with E-state index in [1.807, 2.05) is 6.92 Å². The van der Waals surface area contributed by atoms with Crippen LogP contribution in [-0.2, 0) is 4.79 Å². The predicted octanol–water partition coefficient (Wildman–Crippen LogP) is 1.53. The van der Waals surface area contributed by atoms with Crippen molar-refractivity contribution in [1.82, 2.24) is 10.3 Å². The molecule has 2 N–H and O–H groups in total. The third-order valence-electron chi connectivity index (χ3n) is 1.40. The van der Waals surface area contributed by atoms with E-state index in [9.17, 15) is 4.79 Å². The molecule has 1 aromatic heterocycles. The Labute approximate surface area is 84.6 Å². The molecule has 0 spiro atoms. The average molecular weight is 221 g/mol. The quantitative estimate of drug-likeness (QED) is 0.808. The van der Waals surface area contributed by atoms with Gasteiger partial charge >= 0.3 is 5.97 Å². The summed E-state index contributed by atoms with van der Waals surface area (Å²) >= 11 is 6.82. The SMILES string of the molecule is CCNC(C(=O)O)c1ncc(Cl)s1. The number of likely N-dealkylation sites (N-methyl/N-ethyl adjacent to an activating group) is 1. The molecule has 0 aliphatic rings. The van der Waals surface area contributed by atoms with Crippen LogP contribution in [-0.4, -0.2) is 22.6 Å². The lowest BCUT2D eigenvalue weighted by atomic mass is 10.3. The molecule has 0 aliphatic heterocycles. The van der Waals surface area contributed by atoms with Gasteiger partial charge in [-0.15, -0.1) is 11.3 Å². The fourth-order valence-corrected chi connectivity index (χ4v) is 1.88. The maximum atomic E-state index is 10.8. The highest BCUT2D eigenvalue weighted by atomic mass is 35.5. The molecule has 0 bridgehead atoms. The monoisotopic (exact) mass is 220 g/mol. The van der Waals surface area contributed by atoms with Crippen LogP contribution < -0.4 is 5.32 Å². The Morgan fingerprint density at radius 1 is 1.92 bits per heavy atom. The Hall–Kier alpha value is -0.650. The maximum Gasteiger partial charge on any atom is 0.327 e. The topological polar surface area (TPSA) is 62.2 Å². The van der Waals surface area contributed by atoms with Gasteiger partial charge in [0.25, 0.3) is 0 Å². The fraction of sp³-hybridized carbons (Fsp3) is 0.429. The molecule has 0 aromatic carbocycles. The normalized spacial score (nSPS) is 12.8. The molecule has 0 saturated carbocycles. The van der Waals surface area contributed by atoms with Crippen molar-refractivity contribution in [3.8, 4) is 0 Å². The predicted molar refractivity (Wildman–Crippen MR) is 51.2 cm³/mol. The molecule has 13 heavy (non-hydrogen) atoms. The van der Waals surface area contributed by atoms with Crippen molar-refractivity contribution >= 4 is 28.9 Å². The first kappa shape index (κ1) is 10.4. The van der Waals surface area contributed by atoms with E-state index in [2.05, 4.69) is 10.3 Å². The summed E-state index contributed by atoms with van der Waals surface area (Å²) in [5.41, 5.74) is 0. The van der Waals surface area contributed by atoms with Crippen LogP contribution >= 0.6 is 22.9 Å². The van der Waals surface area contributed by atoms with Gasteiger partial charge in [-0.05, 0) is 6.54 Å². The minimum absolute atomic E-state index is 0.486. The van der Waals surface area contributed by atoms with Gasteiger partial charge in [-0.2, -0.15) is 0 Å². The molecule has 72 valence electrons. The molecule has 0 aliphatic carbocycles. The van der Waals surface area contributed by atoms with Crippen LogP contribution in [0, 0.1) is 0 Å². The van der Waals surface area contributed by atoms with Gasteiger partial charge in [-0.25, -0.2) is 4.98 Å². The van der Waals surface area contributed by atoms with Crippen LogP contribution in [0.3, 0.4) is 0 Å². The van der Waals surface area contributed by atoms with Crippen LogP contribution in [0.4, 0.5) is 0 Å². The van der Waals surface area contributed by atoms with Crippen molar-refractivity contribution in [3.05, 3.63) is 15.5 Å². The molecule has 1 unspecified atom stereocenters. The number of hydrogen-bond donors (Lipinski definition) is 2. The van der Waals surface area contributed by atoms with Gasteiger partial charge in [0.15, 0.2) is 6.04 Å². The van der Waals surface area contributed by atoms with Crippen molar-refractivity contribution in [2.75, 3.05) is 6.54 Å². The molecule has 0 radical (unpaired) electrons. The highest BCUT2D eigenvalue weighted by molar-refractivity contribution is 7.16. The Kier molecular flexibility index (Phi) is 3.65. The van der Waals surface area contributed by atoms with Crippen LogP contribution in [0.2, 0.25) is 4.34 Å². The summed E-state index contributed by atoms with van der Waals surface area (Å²) in [6, 6.07) is -0.748. The van der Waals surface area contributed by atoms with E-state index in [4.69, 9.17) is 16.7 Å². The third-order valence-corrected chi connectivity index (χ3v) is 2.58. The van der Waals surface area contributed by atoms with Crippen LogP contribution in [0.5, 0.6) is 0 Å². The van der Waals surface area contributed by atoms with Crippen LogP contribution in [0.25, 0.3) is 0 Å². The molecule has 1 heterocycles. The Balaban J connectivity index is 2.81. The molecular formula is C7H9ClN2O2S. The summed E-state index contributed by atoms with van der Waals surface area (Å²) in [5, 5.41) is 12.1. The number of carbonyl (C=O) groups is 1. The van der Waals surface area contributed by atoms with Crippen molar-refractivity contribution in [1.29, 1.82) is 0 Å². The smallest absolute Gasteiger partial charge is 0.327 e. The average Bonchev–Trinajstić information content (AvgIpc) is 2.46. The molecule has 4 nitrogen and oxygen atoms in total. The minimum Gasteiger partial charge on any atom is -0.480 e. The Morgan fingerprint density at radius 2 is 2.62 bits per heavy atom. The second-order valence-corrected chi connectivity index (χ2v) is 4.03. The standard InChI is InChI=1S/C7H9ClN2O2S/c1-2-9-5(7(11)12)6-10-3-4(8)13-6/h3,5,9H,2H2,1H3,(H,11,12). The number of nitrogens with zero attached hydrogens (tertiary/aromatic N) is 1. The van der Waals surface area contributed by atoms with E-state index in [0.717, 1.165) is 0 Å². The minimum atomic E-state index is -0.937. The van der Waals surface area contributed by atoms with Gasteiger partial charge in [0.1, 0.15) is 9.34 Å². The first-order chi connectivity index (χ1) is 6.15. The number of halogens is 1. The second kappa shape index (κ2) is 4.55. The zero-order chi connectivity index (χ0) is 9.84. The largest absolute Gasteiger partial charge is 0.480 e. The summed E-state index contributed by atoms with van der Waals surface area (Å²) < 4.78 is 0.499. The van der Waals surface area contributed by atoms with Crippen LogP contribution in [0.1, 0.15) is 18.0 Å². The summed E-state index contributed by atoms with van der Waals surface area (Å²) in [6.07, 6.45) is 1.45. The lowest BCUT2D eigenvalue weighted by Gasteiger charge is -2.08. The molecule has 1 atom stereocenters. The van der Waals surface area contributed by atoms with Crippen molar-refractivity contribution in [2.24, 2.45) is 0 Å². The second-order valence-electron chi connectivity index (χ2n) is 2.33. The van der Waals surface area contributed by atoms with Gasteiger partial charge < -0.3 is 5.11 Å². The van der Waals surface area contributed by atoms with Gasteiger partial charge in [0.2, 0.25) is 0 Å². The molecule has 1 aromatic rings. The number of nitrogens with one attached hydrogen (secondary N) is 1. The lowest BCUT2D eigenvalue weighted by molar-refractivity contribution is -0.139. The first-order valence-electron chi connectivity index (χ1n) is 3.72. The summed E-state index contributed by atoms with van der Waals surface area (Å²) in [5.74, 6) is -0.937. The molecule has 0 saturated heterocycles. The van der Waals surface area contributed by atoms with Gasteiger partial charge in [-0.1, -0.05) is 18.5 Å².